The highest BCUT2D eigenvalue weighted by Crippen LogP contribution is 2.29. The summed E-state index contributed by atoms with van der Waals surface area (Å²) in [5.41, 5.74) is 1.17. The Morgan fingerprint density at radius 1 is 1.30 bits per heavy atom. The fourth-order valence-corrected chi connectivity index (χ4v) is 3.41. The third-order valence-electron chi connectivity index (χ3n) is 3.75. The van der Waals surface area contributed by atoms with E-state index in [1.54, 1.807) is 0 Å². The Morgan fingerprint density at radius 3 is 2.60 bits per heavy atom. The Morgan fingerprint density at radius 2 is 2.00 bits per heavy atom. The minimum atomic E-state index is -0.0470. The van der Waals surface area contributed by atoms with Crippen LogP contribution in [-0.2, 0) is 4.79 Å². The molecule has 1 fully saturated rings. The van der Waals surface area contributed by atoms with Gasteiger partial charge in [-0.1, -0.05) is 44.2 Å². The molecule has 1 N–H and O–H groups in total. The van der Waals surface area contributed by atoms with Crippen molar-refractivity contribution in [2.24, 2.45) is 0 Å². The molecule has 0 aliphatic carbocycles. The summed E-state index contributed by atoms with van der Waals surface area (Å²) in [6.07, 6.45) is 0.855. The Balaban J connectivity index is 2.21. The van der Waals surface area contributed by atoms with Gasteiger partial charge in [-0.15, -0.1) is 0 Å². The normalized spacial score (nSPS) is 24.1. The van der Waals surface area contributed by atoms with Crippen LogP contribution in [0.15, 0.2) is 30.3 Å². The number of hydrogen-bond acceptors (Lipinski definition) is 3. The van der Waals surface area contributed by atoms with Crippen molar-refractivity contribution in [3.8, 4) is 0 Å². The zero-order chi connectivity index (χ0) is 14.5. The van der Waals surface area contributed by atoms with E-state index in [-0.39, 0.29) is 24.2 Å². The van der Waals surface area contributed by atoms with E-state index in [4.69, 9.17) is 0 Å². The van der Waals surface area contributed by atoms with Gasteiger partial charge in [0.15, 0.2) is 0 Å². The molecule has 1 aliphatic heterocycles. The fourth-order valence-electron chi connectivity index (χ4n) is 2.67. The smallest absolute Gasteiger partial charge is 0.241 e. The molecule has 0 spiro atoms. The van der Waals surface area contributed by atoms with Crippen molar-refractivity contribution in [2.45, 2.75) is 45.4 Å². The van der Waals surface area contributed by atoms with Gasteiger partial charge >= 0.3 is 0 Å². The molecular weight excluding hydrogens is 268 g/mol. The van der Waals surface area contributed by atoms with Crippen LogP contribution in [0.1, 0.15) is 38.9 Å². The van der Waals surface area contributed by atoms with Gasteiger partial charge in [-0.2, -0.15) is 11.8 Å². The summed E-state index contributed by atoms with van der Waals surface area (Å²) in [5, 5.41) is 3.48. The minimum absolute atomic E-state index is 0.0149. The number of benzene rings is 1. The Labute approximate surface area is 126 Å². The second kappa shape index (κ2) is 7.14. The predicted octanol–water partition coefficient (Wildman–Crippen LogP) is 3.04. The van der Waals surface area contributed by atoms with Crippen LogP contribution in [0.2, 0.25) is 0 Å². The van der Waals surface area contributed by atoms with Crippen LogP contribution in [0.3, 0.4) is 0 Å². The molecule has 2 rings (SSSR count). The fraction of sp³-hybridized carbons (Fsp3) is 0.562. The first-order valence-corrected chi connectivity index (χ1v) is 8.55. The van der Waals surface area contributed by atoms with Crippen molar-refractivity contribution < 1.29 is 4.79 Å². The molecule has 3 unspecified atom stereocenters. The van der Waals surface area contributed by atoms with Gasteiger partial charge in [0.25, 0.3) is 0 Å². The summed E-state index contributed by atoms with van der Waals surface area (Å²) in [7, 11) is 0. The average molecular weight is 292 g/mol. The number of hydrogen-bond donors (Lipinski definition) is 1. The van der Waals surface area contributed by atoms with Crippen molar-refractivity contribution >= 4 is 17.7 Å². The number of rotatable bonds is 6. The second-order valence-corrected chi connectivity index (χ2v) is 6.51. The summed E-state index contributed by atoms with van der Waals surface area (Å²) < 4.78 is 0. The van der Waals surface area contributed by atoms with Gasteiger partial charge in [-0.3, -0.25) is 10.1 Å². The third-order valence-corrected chi connectivity index (χ3v) is 4.88. The molecule has 1 aromatic carbocycles. The molecule has 1 saturated heterocycles. The maximum absolute atomic E-state index is 12.6. The first-order chi connectivity index (χ1) is 9.69. The lowest BCUT2D eigenvalue weighted by atomic mass is 10.1. The van der Waals surface area contributed by atoms with E-state index in [1.807, 2.05) is 34.9 Å². The molecule has 110 valence electrons. The van der Waals surface area contributed by atoms with Crippen LogP contribution in [-0.4, -0.2) is 34.4 Å². The Kier molecular flexibility index (Phi) is 5.49. The topological polar surface area (TPSA) is 32.3 Å². The molecule has 1 aromatic rings. The standard InChI is InChI=1S/C16H24N2OS/c1-4-14-16(19)18(12(3)11-20-5-2)15(17-14)13-9-7-6-8-10-13/h6-10,12,14-15,17H,4-5,11H2,1-3H3. The number of nitrogens with one attached hydrogen (secondary N) is 1. The largest absolute Gasteiger partial charge is 0.318 e. The molecule has 1 amide bonds. The zero-order valence-electron chi connectivity index (χ0n) is 12.5. The van der Waals surface area contributed by atoms with E-state index in [1.165, 1.54) is 5.56 Å². The van der Waals surface area contributed by atoms with Crippen molar-refractivity contribution in [1.29, 1.82) is 0 Å². The van der Waals surface area contributed by atoms with E-state index in [0.29, 0.717) is 0 Å². The van der Waals surface area contributed by atoms with Gasteiger partial charge in [0, 0.05) is 11.8 Å². The van der Waals surface area contributed by atoms with Crippen molar-refractivity contribution in [3.63, 3.8) is 0 Å². The highest BCUT2D eigenvalue weighted by Gasteiger charge is 2.40. The molecule has 1 heterocycles. The van der Waals surface area contributed by atoms with E-state index < -0.39 is 0 Å². The minimum Gasteiger partial charge on any atom is -0.318 e. The Bertz CT molecular complexity index is 437. The molecule has 0 aromatic heterocycles. The summed E-state index contributed by atoms with van der Waals surface area (Å²) >= 11 is 1.89. The van der Waals surface area contributed by atoms with E-state index >= 15 is 0 Å². The van der Waals surface area contributed by atoms with Crippen molar-refractivity contribution in [3.05, 3.63) is 35.9 Å². The Hall–Kier alpha value is -1.00. The van der Waals surface area contributed by atoms with E-state index in [9.17, 15) is 4.79 Å². The second-order valence-electron chi connectivity index (χ2n) is 5.19. The maximum atomic E-state index is 12.6. The molecule has 3 atom stereocenters. The first-order valence-electron chi connectivity index (χ1n) is 7.39. The van der Waals surface area contributed by atoms with E-state index in [2.05, 4.69) is 38.2 Å². The van der Waals surface area contributed by atoms with Crippen LogP contribution >= 0.6 is 11.8 Å². The quantitative estimate of drug-likeness (QED) is 0.874. The summed E-state index contributed by atoms with van der Waals surface area (Å²) in [6.45, 7) is 6.37. The van der Waals surface area contributed by atoms with Crippen LogP contribution < -0.4 is 5.32 Å². The van der Waals surface area contributed by atoms with Gasteiger partial charge in [0.1, 0.15) is 6.17 Å². The van der Waals surface area contributed by atoms with E-state index in [0.717, 1.165) is 17.9 Å². The van der Waals surface area contributed by atoms with Crippen LogP contribution in [0.5, 0.6) is 0 Å². The van der Waals surface area contributed by atoms with Crippen LogP contribution in [0, 0.1) is 0 Å². The number of amides is 1. The predicted molar refractivity (Wildman–Crippen MR) is 85.7 cm³/mol. The lowest BCUT2D eigenvalue weighted by Gasteiger charge is -2.30. The summed E-state index contributed by atoms with van der Waals surface area (Å²) in [4.78, 5) is 14.6. The van der Waals surface area contributed by atoms with Gasteiger partial charge < -0.3 is 4.90 Å². The number of nitrogens with zero attached hydrogens (tertiary/aromatic N) is 1. The first kappa shape index (κ1) is 15.4. The summed E-state index contributed by atoms with van der Waals surface area (Å²) in [6, 6.07) is 10.5. The highest BCUT2D eigenvalue weighted by molar-refractivity contribution is 7.99. The number of carbonyl (C=O) groups excluding carboxylic acids is 1. The molecule has 3 nitrogen and oxygen atoms in total. The molecule has 20 heavy (non-hydrogen) atoms. The SMILES string of the molecule is CCSCC(C)N1C(=O)C(CC)NC1c1ccccc1. The van der Waals surface area contributed by atoms with Gasteiger partial charge in [-0.25, -0.2) is 0 Å². The lowest BCUT2D eigenvalue weighted by molar-refractivity contribution is -0.131. The van der Waals surface area contributed by atoms with Gasteiger partial charge in [-0.05, 0) is 24.7 Å². The van der Waals surface area contributed by atoms with Gasteiger partial charge in [0.05, 0.1) is 6.04 Å². The van der Waals surface area contributed by atoms with Crippen molar-refractivity contribution in [1.82, 2.24) is 10.2 Å². The zero-order valence-corrected chi connectivity index (χ0v) is 13.3. The molecule has 0 radical (unpaired) electrons. The molecule has 1 aliphatic rings. The maximum Gasteiger partial charge on any atom is 0.241 e. The monoisotopic (exact) mass is 292 g/mol. The molecule has 0 bridgehead atoms. The third kappa shape index (κ3) is 3.18. The van der Waals surface area contributed by atoms with Gasteiger partial charge in [0.2, 0.25) is 5.91 Å². The molecular formula is C16H24N2OS. The summed E-state index contributed by atoms with van der Waals surface area (Å²) in [5.74, 6) is 2.32. The van der Waals surface area contributed by atoms with Crippen LogP contribution in [0.25, 0.3) is 0 Å². The highest BCUT2D eigenvalue weighted by atomic mass is 32.2. The molecule has 4 heteroatoms. The van der Waals surface area contributed by atoms with Crippen molar-refractivity contribution in [2.75, 3.05) is 11.5 Å². The number of carbonyl (C=O) groups is 1. The number of thioether (sulfide) groups is 1. The molecule has 0 saturated carbocycles. The lowest BCUT2D eigenvalue weighted by Crippen LogP contribution is -2.40. The van der Waals surface area contributed by atoms with Crippen LogP contribution in [0.4, 0.5) is 0 Å². The average Bonchev–Trinajstić information content (AvgIpc) is 2.82.